The van der Waals surface area contributed by atoms with Crippen LogP contribution in [0.1, 0.15) is 0 Å². The van der Waals surface area contributed by atoms with E-state index in [-0.39, 0.29) is 0 Å². The molecule has 0 saturated carbocycles. The maximum absolute atomic E-state index is 5.30. The summed E-state index contributed by atoms with van der Waals surface area (Å²) in [4.78, 5) is 15.7. The molecule has 0 aliphatic rings. The van der Waals surface area contributed by atoms with Gasteiger partial charge in [0.05, 0.1) is 32.5 Å². The third-order valence-corrected chi connectivity index (χ3v) is 14.8. The number of para-hydroxylation sites is 4. The van der Waals surface area contributed by atoms with Crippen LogP contribution in [0.3, 0.4) is 0 Å². The normalized spacial score (nSPS) is 11.8. The molecule has 0 N–H and O–H groups in total. The van der Waals surface area contributed by atoms with E-state index in [1.54, 1.807) is 0 Å². The monoisotopic (exact) mass is 897 g/mol. The van der Waals surface area contributed by atoms with E-state index in [1.165, 1.54) is 70.2 Å². The van der Waals surface area contributed by atoms with Gasteiger partial charge in [-0.1, -0.05) is 194 Å². The van der Waals surface area contributed by atoms with Crippen LogP contribution in [0.2, 0.25) is 0 Å². The molecule has 10 aromatic carbocycles. The second kappa shape index (κ2) is 15.8. The third-order valence-electron chi connectivity index (χ3n) is 13.6. The molecular formula is C63H39N5S. The molecule has 0 aliphatic carbocycles. The van der Waals surface area contributed by atoms with E-state index in [4.69, 9.17) is 15.0 Å². The second-order valence-corrected chi connectivity index (χ2v) is 18.6. The van der Waals surface area contributed by atoms with Gasteiger partial charge in [-0.15, -0.1) is 11.3 Å². The average Bonchev–Trinajstić information content (AvgIpc) is 4.10. The van der Waals surface area contributed by atoms with Gasteiger partial charge in [-0.3, -0.25) is 0 Å². The predicted octanol–water partition coefficient (Wildman–Crippen LogP) is 16.8. The van der Waals surface area contributed by atoms with E-state index in [2.05, 4.69) is 228 Å². The van der Waals surface area contributed by atoms with Crippen molar-refractivity contribution in [2.45, 2.75) is 0 Å². The first kappa shape index (κ1) is 39.2. The molecule has 4 aromatic heterocycles. The molecule has 0 radical (unpaired) electrons. The van der Waals surface area contributed by atoms with Crippen molar-refractivity contribution >= 4 is 75.1 Å². The second-order valence-electron chi connectivity index (χ2n) is 17.5. The molecule has 0 bridgehead atoms. The summed E-state index contributed by atoms with van der Waals surface area (Å²) in [6.07, 6.45) is 0. The Hall–Kier alpha value is -8.97. The molecule has 0 saturated heterocycles. The van der Waals surface area contributed by atoms with Gasteiger partial charge in [0.1, 0.15) is 0 Å². The van der Waals surface area contributed by atoms with E-state index < -0.39 is 0 Å². The first-order chi connectivity index (χ1) is 34.2. The Kier molecular flexibility index (Phi) is 9.00. The van der Waals surface area contributed by atoms with E-state index in [9.17, 15) is 0 Å². The van der Waals surface area contributed by atoms with Crippen LogP contribution >= 0.6 is 11.3 Å². The highest BCUT2D eigenvalue weighted by Gasteiger charge is 2.24. The fraction of sp³-hybridized carbons (Fsp3) is 0. The van der Waals surface area contributed by atoms with E-state index in [0.717, 1.165) is 43.9 Å². The lowest BCUT2D eigenvalue weighted by molar-refractivity contribution is 1.08. The van der Waals surface area contributed by atoms with Crippen LogP contribution in [-0.2, 0) is 0 Å². The SMILES string of the molecule is c1ccc(-c2cccc(-c3ccc(-c4nc(-c5ccccc5)nc(-c5cccc6c5sc5c6ccc6c7cccc(-n8c9ccccc9c9ccccc98)c7n(-c7ccccc7)c65)n4)cc3)c2)cc1. The summed E-state index contributed by atoms with van der Waals surface area (Å²) in [6.45, 7) is 0. The van der Waals surface area contributed by atoms with Crippen molar-refractivity contribution in [1.29, 1.82) is 0 Å². The van der Waals surface area contributed by atoms with Crippen LogP contribution in [0, 0.1) is 0 Å². The number of benzene rings is 10. The van der Waals surface area contributed by atoms with Crippen molar-refractivity contribution in [2.24, 2.45) is 0 Å². The third kappa shape index (κ3) is 6.34. The highest BCUT2D eigenvalue weighted by Crippen LogP contribution is 2.47. The lowest BCUT2D eigenvalue weighted by Gasteiger charge is -2.14. The van der Waals surface area contributed by atoms with Gasteiger partial charge in [-0.05, 0) is 64.7 Å². The maximum atomic E-state index is 5.30. The zero-order chi connectivity index (χ0) is 45.4. The van der Waals surface area contributed by atoms with Gasteiger partial charge in [-0.25, -0.2) is 15.0 Å². The number of rotatable bonds is 7. The molecule has 0 amide bonds. The number of hydrogen-bond donors (Lipinski definition) is 0. The molecule has 14 rings (SSSR count). The molecule has 0 atom stereocenters. The number of aromatic nitrogens is 5. The Labute approximate surface area is 401 Å². The van der Waals surface area contributed by atoms with Crippen molar-refractivity contribution in [3.8, 4) is 67.8 Å². The molecule has 4 heterocycles. The van der Waals surface area contributed by atoms with Crippen LogP contribution in [0.5, 0.6) is 0 Å². The zero-order valence-corrected chi connectivity index (χ0v) is 38.0. The zero-order valence-electron chi connectivity index (χ0n) is 37.2. The first-order valence-corrected chi connectivity index (χ1v) is 24.1. The highest BCUT2D eigenvalue weighted by molar-refractivity contribution is 7.27. The van der Waals surface area contributed by atoms with Gasteiger partial charge in [0.2, 0.25) is 0 Å². The van der Waals surface area contributed by atoms with Crippen LogP contribution in [0.15, 0.2) is 237 Å². The number of hydrogen-bond acceptors (Lipinski definition) is 4. The topological polar surface area (TPSA) is 48.5 Å². The summed E-state index contributed by atoms with van der Waals surface area (Å²) in [7, 11) is 0. The summed E-state index contributed by atoms with van der Waals surface area (Å²) < 4.78 is 7.30. The van der Waals surface area contributed by atoms with Gasteiger partial charge in [0, 0.05) is 59.4 Å². The summed E-state index contributed by atoms with van der Waals surface area (Å²) in [5, 5.41) is 7.27. The Balaban J connectivity index is 0.971. The lowest BCUT2D eigenvalue weighted by Crippen LogP contribution is -2.00. The number of nitrogens with zero attached hydrogens (tertiary/aromatic N) is 5. The van der Waals surface area contributed by atoms with Crippen LogP contribution < -0.4 is 0 Å². The molecule has 5 nitrogen and oxygen atoms in total. The first-order valence-electron chi connectivity index (χ1n) is 23.3. The Morgan fingerprint density at radius 1 is 0.290 bits per heavy atom. The predicted molar refractivity (Wildman–Crippen MR) is 289 cm³/mol. The fourth-order valence-corrected chi connectivity index (χ4v) is 11.8. The smallest absolute Gasteiger partial charge is 0.165 e. The Morgan fingerprint density at radius 2 is 0.754 bits per heavy atom. The van der Waals surface area contributed by atoms with Gasteiger partial charge in [-0.2, -0.15) is 0 Å². The molecule has 0 unspecified atom stereocenters. The Morgan fingerprint density at radius 3 is 1.45 bits per heavy atom. The molecule has 69 heavy (non-hydrogen) atoms. The molecule has 0 spiro atoms. The summed E-state index contributed by atoms with van der Waals surface area (Å²) in [5.74, 6) is 1.91. The largest absolute Gasteiger partial charge is 0.307 e. The molecule has 6 heteroatoms. The maximum Gasteiger partial charge on any atom is 0.165 e. The minimum Gasteiger partial charge on any atom is -0.307 e. The van der Waals surface area contributed by atoms with Crippen LogP contribution in [0.4, 0.5) is 0 Å². The summed E-state index contributed by atoms with van der Waals surface area (Å²) in [6, 6.07) is 84.4. The number of fused-ring (bicyclic) bond motifs is 10. The molecule has 0 fully saturated rings. The minimum atomic E-state index is 0.630. The molecule has 322 valence electrons. The van der Waals surface area contributed by atoms with Crippen molar-refractivity contribution in [1.82, 2.24) is 24.1 Å². The summed E-state index contributed by atoms with van der Waals surface area (Å²) in [5.41, 5.74) is 14.5. The quantitative estimate of drug-likeness (QED) is 0.160. The fourth-order valence-electron chi connectivity index (χ4n) is 10.4. The van der Waals surface area contributed by atoms with E-state index in [1.807, 2.05) is 29.5 Å². The van der Waals surface area contributed by atoms with Crippen molar-refractivity contribution in [3.05, 3.63) is 237 Å². The number of thiophene rings is 1. The molecular weight excluding hydrogens is 859 g/mol. The van der Waals surface area contributed by atoms with Gasteiger partial charge < -0.3 is 9.13 Å². The van der Waals surface area contributed by atoms with Gasteiger partial charge >= 0.3 is 0 Å². The minimum absolute atomic E-state index is 0.630. The average molecular weight is 898 g/mol. The van der Waals surface area contributed by atoms with Gasteiger partial charge in [0.25, 0.3) is 0 Å². The van der Waals surface area contributed by atoms with Crippen LogP contribution in [-0.4, -0.2) is 24.1 Å². The van der Waals surface area contributed by atoms with Crippen molar-refractivity contribution < 1.29 is 0 Å². The highest BCUT2D eigenvalue weighted by atomic mass is 32.1. The Bertz CT molecular complexity index is 4230. The lowest BCUT2D eigenvalue weighted by atomic mass is 9.98. The van der Waals surface area contributed by atoms with Crippen molar-refractivity contribution in [2.75, 3.05) is 0 Å². The standard InChI is InChI=1S/C63H39N5S/c1-4-17-40(18-5-1)44-21-14-22-45(39-44)41-33-35-43(36-34-41)62-64-61(42-19-6-2-7-20-42)65-63(66-62)53-29-15-28-51-52-38-37-50-49-27-16-32-56(68-54-30-12-10-25-47(54)48-26-11-13-31-55(48)68)57(49)67(46-23-8-3-9-24-46)58(50)60(52)69-59(51)53/h1-39H. The van der Waals surface area contributed by atoms with E-state index in [0.29, 0.717) is 17.5 Å². The molecule has 0 aliphatic heterocycles. The van der Waals surface area contributed by atoms with E-state index >= 15 is 0 Å². The summed E-state index contributed by atoms with van der Waals surface area (Å²) >= 11 is 1.82. The van der Waals surface area contributed by atoms with Gasteiger partial charge in [0.15, 0.2) is 17.5 Å². The molecule has 14 aromatic rings. The van der Waals surface area contributed by atoms with Crippen LogP contribution in [0.25, 0.3) is 132 Å². The van der Waals surface area contributed by atoms with Crippen molar-refractivity contribution in [3.63, 3.8) is 0 Å².